The minimum absolute atomic E-state index is 0.151. The molecule has 1 heterocycles. The van der Waals surface area contributed by atoms with Gasteiger partial charge in [-0.1, -0.05) is 24.3 Å². The molecule has 0 bridgehead atoms. The maximum absolute atomic E-state index is 12.5. The third-order valence-electron chi connectivity index (χ3n) is 3.51. The van der Waals surface area contributed by atoms with Gasteiger partial charge < -0.3 is 4.74 Å². The van der Waals surface area contributed by atoms with E-state index in [1.165, 1.54) is 12.1 Å². The van der Waals surface area contributed by atoms with E-state index in [-0.39, 0.29) is 10.7 Å². The minimum Gasteiger partial charge on any atom is -0.372 e. The van der Waals surface area contributed by atoms with Crippen LogP contribution in [0.3, 0.4) is 0 Å². The quantitative estimate of drug-likeness (QED) is 0.817. The second-order valence-corrected chi connectivity index (χ2v) is 7.12. The summed E-state index contributed by atoms with van der Waals surface area (Å²) in [4.78, 5) is 12.6. The summed E-state index contributed by atoms with van der Waals surface area (Å²) in [6.07, 6.45) is 1.13. The van der Waals surface area contributed by atoms with E-state index in [1.54, 1.807) is 18.2 Å². The number of ketones is 1. The van der Waals surface area contributed by atoms with Crippen molar-refractivity contribution >= 4 is 15.6 Å². The van der Waals surface area contributed by atoms with E-state index in [1.807, 2.05) is 12.1 Å². The predicted molar refractivity (Wildman–Crippen MR) is 77.9 cm³/mol. The summed E-state index contributed by atoms with van der Waals surface area (Å²) in [5.74, 6) is -0.185. The van der Waals surface area contributed by atoms with Crippen molar-refractivity contribution in [2.75, 3.05) is 6.26 Å². The van der Waals surface area contributed by atoms with Crippen LogP contribution in [0.4, 0.5) is 0 Å². The number of ether oxygens (including phenoxy) is 1. The van der Waals surface area contributed by atoms with Gasteiger partial charge in [0.1, 0.15) is 0 Å². The molecule has 0 unspecified atom stereocenters. The topological polar surface area (TPSA) is 60.4 Å². The van der Waals surface area contributed by atoms with Gasteiger partial charge in [0, 0.05) is 17.4 Å². The zero-order chi connectivity index (χ0) is 15.0. The van der Waals surface area contributed by atoms with Gasteiger partial charge >= 0.3 is 0 Å². The van der Waals surface area contributed by atoms with Crippen molar-refractivity contribution < 1.29 is 17.9 Å². The summed E-state index contributed by atoms with van der Waals surface area (Å²) < 4.78 is 28.5. The number of benzene rings is 2. The Hall–Kier alpha value is -1.98. The van der Waals surface area contributed by atoms with Crippen LogP contribution in [0.2, 0.25) is 0 Å². The fraction of sp³-hybridized carbons (Fsp3) is 0.188. The SMILES string of the molecule is CS(=O)(=O)c1cccc(C(=O)c2ccc3c(c2)COC3)c1. The summed E-state index contributed by atoms with van der Waals surface area (Å²) >= 11 is 0. The number of hydrogen-bond donors (Lipinski definition) is 0. The molecule has 0 amide bonds. The highest BCUT2D eigenvalue weighted by atomic mass is 32.2. The van der Waals surface area contributed by atoms with Crippen molar-refractivity contribution in [3.63, 3.8) is 0 Å². The monoisotopic (exact) mass is 302 g/mol. The molecule has 0 radical (unpaired) electrons. The fourth-order valence-corrected chi connectivity index (χ4v) is 3.01. The molecule has 0 N–H and O–H groups in total. The third kappa shape index (κ3) is 2.75. The number of rotatable bonds is 3. The number of carbonyl (C=O) groups excluding carboxylic acids is 1. The highest BCUT2D eigenvalue weighted by Crippen LogP contribution is 2.23. The Kier molecular flexibility index (Phi) is 3.39. The zero-order valence-electron chi connectivity index (χ0n) is 11.5. The highest BCUT2D eigenvalue weighted by molar-refractivity contribution is 7.90. The van der Waals surface area contributed by atoms with Crippen LogP contribution in [-0.4, -0.2) is 20.5 Å². The summed E-state index contributed by atoms with van der Waals surface area (Å²) in [5.41, 5.74) is 3.03. The molecule has 21 heavy (non-hydrogen) atoms. The van der Waals surface area contributed by atoms with Gasteiger partial charge in [-0.05, 0) is 29.3 Å². The molecular weight excluding hydrogens is 288 g/mol. The molecule has 3 rings (SSSR count). The first-order valence-corrected chi connectivity index (χ1v) is 8.39. The van der Waals surface area contributed by atoms with Gasteiger partial charge in [-0.25, -0.2) is 8.42 Å². The molecule has 2 aromatic carbocycles. The van der Waals surface area contributed by atoms with E-state index in [9.17, 15) is 13.2 Å². The summed E-state index contributed by atoms with van der Waals surface area (Å²) in [5, 5.41) is 0. The second-order valence-electron chi connectivity index (χ2n) is 5.11. The molecular formula is C16H14O4S. The van der Waals surface area contributed by atoms with Gasteiger partial charge in [0.25, 0.3) is 0 Å². The van der Waals surface area contributed by atoms with Crippen LogP contribution < -0.4 is 0 Å². The van der Waals surface area contributed by atoms with Crippen LogP contribution in [0, 0.1) is 0 Å². The average Bonchev–Trinajstić information content (AvgIpc) is 2.93. The lowest BCUT2D eigenvalue weighted by atomic mass is 9.99. The van der Waals surface area contributed by atoms with E-state index in [4.69, 9.17) is 4.74 Å². The van der Waals surface area contributed by atoms with Crippen LogP contribution >= 0.6 is 0 Å². The molecule has 1 aliphatic rings. The fourth-order valence-electron chi connectivity index (χ4n) is 2.35. The van der Waals surface area contributed by atoms with E-state index in [2.05, 4.69) is 0 Å². The first kappa shape index (κ1) is 14.0. The van der Waals surface area contributed by atoms with Crippen molar-refractivity contribution in [2.24, 2.45) is 0 Å². The Labute approximate surface area is 123 Å². The molecule has 0 spiro atoms. The molecule has 5 heteroatoms. The third-order valence-corrected chi connectivity index (χ3v) is 4.62. The Bertz CT molecular complexity index is 822. The highest BCUT2D eigenvalue weighted by Gasteiger charge is 2.17. The molecule has 1 aliphatic heterocycles. The van der Waals surface area contributed by atoms with Crippen molar-refractivity contribution in [3.8, 4) is 0 Å². The molecule has 0 saturated carbocycles. The Morgan fingerprint density at radius 3 is 2.48 bits per heavy atom. The van der Waals surface area contributed by atoms with Gasteiger partial charge in [-0.15, -0.1) is 0 Å². The van der Waals surface area contributed by atoms with Crippen molar-refractivity contribution in [2.45, 2.75) is 18.1 Å². The van der Waals surface area contributed by atoms with E-state index >= 15 is 0 Å². The number of sulfone groups is 1. The largest absolute Gasteiger partial charge is 0.372 e. The maximum atomic E-state index is 12.5. The van der Waals surface area contributed by atoms with Crippen LogP contribution in [0.1, 0.15) is 27.0 Å². The molecule has 0 fully saturated rings. The van der Waals surface area contributed by atoms with E-state index < -0.39 is 9.84 Å². The van der Waals surface area contributed by atoms with Crippen molar-refractivity contribution in [1.82, 2.24) is 0 Å². The Morgan fingerprint density at radius 2 is 1.71 bits per heavy atom. The predicted octanol–water partition coefficient (Wildman–Crippen LogP) is 2.35. The lowest BCUT2D eigenvalue weighted by Gasteiger charge is -2.05. The average molecular weight is 302 g/mol. The molecule has 4 nitrogen and oxygen atoms in total. The van der Waals surface area contributed by atoms with Crippen LogP contribution in [-0.2, 0) is 27.8 Å². The summed E-state index contributed by atoms with van der Waals surface area (Å²) in [7, 11) is -3.32. The lowest BCUT2D eigenvalue weighted by molar-refractivity contribution is 0.103. The molecule has 2 aromatic rings. The Morgan fingerprint density at radius 1 is 1.00 bits per heavy atom. The minimum atomic E-state index is -3.32. The first-order valence-electron chi connectivity index (χ1n) is 6.49. The van der Waals surface area contributed by atoms with Crippen LogP contribution in [0.15, 0.2) is 47.4 Å². The van der Waals surface area contributed by atoms with Crippen molar-refractivity contribution in [3.05, 3.63) is 64.7 Å². The van der Waals surface area contributed by atoms with Crippen LogP contribution in [0.25, 0.3) is 0 Å². The van der Waals surface area contributed by atoms with Gasteiger partial charge in [-0.3, -0.25) is 4.79 Å². The molecule has 0 aromatic heterocycles. The maximum Gasteiger partial charge on any atom is 0.193 e. The van der Waals surface area contributed by atoms with Gasteiger partial charge in [0.15, 0.2) is 15.6 Å². The smallest absolute Gasteiger partial charge is 0.193 e. The number of carbonyl (C=O) groups is 1. The molecule has 0 atom stereocenters. The zero-order valence-corrected chi connectivity index (χ0v) is 12.3. The number of hydrogen-bond acceptors (Lipinski definition) is 4. The first-order chi connectivity index (χ1) is 9.95. The van der Waals surface area contributed by atoms with Crippen molar-refractivity contribution in [1.29, 1.82) is 0 Å². The lowest BCUT2D eigenvalue weighted by Crippen LogP contribution is -2.05. The van der Waals surface area contributed by atoms with Gasteiger partial charge in [0.2, 0.25) is 0 Å². The second kappa shape index (κ2) is 5.09. The summed E-state index contributed by atoms with van der Waals surface area (Å²) in [6, 6.07) is 11.6. The molecule has 0 saturated heterocycles. The van der Waals surface area contributed by atoms with E-state index in [0.29, 0.717) is 24.3 Å². The summed E-state index contributed by atoms with van der Waals surface area (Å²) in [6.45, 7) is 1.09. The van der Waals surface area contributed by atoms with Gasteiger partial charge in [-0.2, -0.15) is 0 Å². The normalized spacial score (nSPS) is 14.0. The molecule has 0 aliphatic carbocycles. The molecule has 108 valence electrons. The van der Waals surface area contributed by atoms with Crippen LogP contribution in [0.5, 0.6) is 0 Å². The van der Waals surface area contributed by atoms with E-state index in [0.717, 1.165) is 17.4 Å². The van der Waals surface area contributed by atoms with Gasteiger partial charge in [0.05, 0.1) is 18.1 Å². The standard InChI is InChI=1S/C16H14O4S/c1-21(18,19)15-4-2-3-11(8-15)16(17)12-5-6-13-9-20-10-14(13)7-12/h2-8H,9-10H2,1H3. The Balaban J connectivity index is 1.99. The number of fused-ring (bicyclic) bond motifs is 1.